The predicted octanol–water partition coefficient (Wildman–Crippen LogP) is -2.07. The van der Waals surface area contributed by atoms with Gasteiger partial charge in [0.15, 0.2) is 11.3 Å². The summed E-state index contributed by atoms with van der Waals surface area (Å²) < 4.78 is 7.43. The molecule has 0 saturated carbocycles. The van der Waals surface area contributed by atoms with Gasteiger partial charge in [-0.05, 0) is 6.07 Å². The van der Waals surface area contributed by atoms with Crippen molar-refractivity contribution in [2.24, 2.45) is 5.16 Å². The maximum atomic E-state index is 13.0. The first kappa shape index (κ1) is 25.3. The largest absolute Gasteiger partial charge is 0.543 e. The van der Waals surface area contributed by atoms with Crippen molar-refractivity contribution in [2.75, 3.05) is 18.6 Å². The normalized spacial score (nSPS) is 19.4. The van der Waals surface area contributed by atoms with E-state index in [1.54, 1.807) is 29.2 Å². The highest BCUT2D eigenvalue weighted by atomic mass is 35.5. The second-order valence-electron chi connectivity index (χ2n) is 7.43. The van der Waals surface area contributed by atoms with Gasteiger partial charge in [0, 0.05) is 28.9 Å². The van der Waals surface area contributed by atoms with Crippen LogP contribution in [0.1, 0.15) is 5.82 Å². The summed E-state index contributed by atoms with van der Waals surface area (Å²) in [6.07, 6.45) is 5.16. The van der Waals surface area contributed by atoms with E-state index in [1.165, 1.54) is 18.9 Å². The van der Waals surface area contributed by atoms with Crippen LogP contribution in [0.5, 0.6) is 0 Å². The zero-order valence-corrected chi connectivity index (χ0v) is 20.9. The Hall–Kier alpha value is -3.76. The molecule has 0 bridgehead atoms. The number of aromatic nitrogens is 5. The average molecular weight is 552 g/mol. The third-order valence-electron chi connectivity index (χ3n) is 5.38. The Morgan fingerprint density at radius 2 is 2.25 bits per heavy atom. The fourth-order valence-corrected chi connectivity index (χ4v) is 5.66. The molecular weight excluding hydrogens is 534 g/mol. The van der Waals surface area contributed by atoms with Crippen LogP contribution in [0.15, 0.2) is 47.1 Å². The summed E-state index contributed by atoms with van der Waals surface area (Å²) in [5, 5.41) is 22.0. The maximum absolute atomic E-state index is 13.0. The molecule has 2 aliphatic heterocycles. The molecule has 36 heavy (non-hydrogen) atoms. The number of carboxylic acids is 1. The average Bonchev–Trinajstić information content (AvgIpc) is 3.46. The highest BCUT2D eigenvalue weighted by Crippen LogP contribution is 2.40. The van der Waals surface area contributed by atoms with Crippen molar-refractivity contribution >= 4 is 70.0 Å². The number of anilines is 1. The molecule has 0 radical (unpaired) electrons. The van der Waals surface area contributed by atoms with Crippen molar-refractivity contribution < 1.29 is 28.9 Å². The Balaban J connectivity index is 0.00000304. The van der Waals surface area contributed by atoms with Gasteiger partial charge >= 0.3 is 5.65 Å². The first-order chi connectivity index (χ1) is 16.9. The summed E-state index contributed by atoms with van der Waals surface area (Å²) in [6.45, 7) is 0.230. The molecule has 3 aromatic heterocycles. The lowest BCUT2D eigenvalue weighted by molar-refractivity contribution is -0.662. The number of halogens is 1. The molecule has 2 atom stereocenters. The van der Waals surface area contributed by atoms with E-state index in [-0.39, 0.29) is 41.3 Å². The van der Waals surface area contributed by atoms with E-state index >= 15 is 0 Å². The van der Waals surface area contributed by atoms with Crippen molar-refractivity contribution in [3.63, 3.8) is 0 Å². The molecule has 3 aromatic rings. The number of oxime groups is 1. The Labute approximate surface area is 217 Å². The van der Waals surface area contributed by atoms with Gasteiger partial charge in [-0.3, -0.25) is 14.5 Å². The number of fused-ring (bicyclic) bond motifs is 2. The van der Waals surface area contributed by atoms with Crippen molar-refractivity contribution in [1.82, 2.24) is 29.2 Å². The summed E-state index contributed by atoms with van der Waals surface area (Å²) in [5.74, 6) is -2.53. The number of imidazole rings is 1. The van der Waals surface area contributed by atoms with E-state index < -0.39 is 29.2 Å². The first-order valence-electron chi connectivity index (χ1n) is 10.1. The van der Waals surface area contributed by atoms with Gasteiger partial charge in [0.2, 0.25) is 11.5 Å². The van der Waals surface area contributed by atoms with Gasteiger partial charge in [0.1, 0.15) is 31.3 Å². The van der Waals surface area contributed by atoms with Crippen molar-refractivity contribution in [3.05, 3.63) is 47.8 Å². The number of thioether (sulfide) groups is 1. The molecule has 0 unspecified atom stereocenters. The zero-order valence-electron chi connectivity index (χ0n) is 18.4. The molecule has 0 aliphatic carbocycles. The van der Waals surface area contributed by atoms with Gasteiger partial charge in [0.25, 0.3) is 11.8 Å². The minimum absolute atomic E-state index is 0. The van der Waals surface area contributed by atoms with Gasteiger partial charge < -0.3 is 25.8 Å². The number of amides is 2. The topological polar surface area (TPSA) is 184 Å². The molecule has 2 amide bonds. The van der Waals surface area contributed by atoms with Gasteiger partial charge in [-0.25, -0.2) is 4.57 Å². The number of β-lactam (4-membered cyclic amide) rings is 1. The fraction of sp³-hybridized carbons (Fsp3) is 0.263. The molecule has 5 heterocycles. The number of aliphatic carboxylic acids is 1. The minimum Gasteiger partial charge on any atom is -0.543 e. The second-order valence-corrected chi connectivity index (χ2v) is 9.32. The number of carboxylic acid groups (broad SMARTS) is 1. The van der Waals surface area contributed by atoms with E-state index in [0.717, 1.165) is 22.1 Å². The lowest BCUT2D eigenvalue weighted by Gasteiger charge is -2.50. The number of nitrogens with two attached hydrogens (primary N) is 1. The molecular formula is C19H18ClN9O5S2. The van der Waals surface area contributed by atoms with Crippen LogP contribution >= 0.6 is 35.7 Å². The number of nitrogens with zero attached hydrogens (tertiary/aromatic N) is 7. The van der Waals surface area contributed by atoms with Crippen LogP contribution in [0.4, 0.5) is 5.13 Å². The Kier molecular flexibility index (Phi) is 7.09. The summed E-state index contributed by atoms with van der Waals surface area (Å²) >= 11 is 2.21. The molecule has 17 heteroatoms. The van der Waals surface area contributed by atoms with Gasteiger partial charge in [-0.2, -0.15) is 9.36 Å². The van der Waals surface area contributed by atoms with Crippen LogP contribution in [0, 0.1) is 0 Å². The van der Waals surface area contributed by atoms with Crippen LogP contribution in [-0.4, -0.2) is 71.6 Å². The maximum Gasteiger partial charge on any atom is 0.307 e. The monoisotopic (exact) mass is 551 g/mol. The lowest BCUT2D eigenvalue weighted by atomic mass is 10.0. The molecule has 14 nitrogen and oxygen atoms in total. The second kappa shape index (κ2) is 10.1. The number of carbonyl (C=O) groups excluding carboxylic acids is 3. The summed E-state index contributed by atoms with van der Waals surface area (Å²) in [4.78, 5) is 47.6. The minimum atomic E-state index is -1.46. The highest BCUT2D eigenvalue weighted by molar-refractivity contribution is 8.00. The van der Waals surface area contributed by atoms with Crippen LogP contribution in [0.25, 0.3) is 5.65 Å². The third-order valence-corrected chi connectivity index (χ3v) is 7.26. The van der Waals surface area contributed by atoms with E-state index in [9.17, 15) is 19.5 Å². The molecule has 1 saturated heterocycles. The molecule has 0 aromatic carbocycles. The van der Waals surface area contributed by atoms with Gasteiger partial charge in [-0.15, -0.1) is 28.7 Å². The highest BCUT2D eigenvalue weighted by Gasteiger charge is 2.53. The summed E-state index contributed by atoms with van der Waals surface area (Å²) in [5.41, 5.74) is 6.39. The van der Waals surface area contributed by atoms with Crippen LogP contribution in [0.2, 0.25) is 0 Å². The number of nitrogens with one attached hydrogen (secondary N) is 1. The Morgan fingerprint density at radius 1 is 1.44 bits per heavy atom. The van der Waals surface area contributed by atoms with Crippen molar-refractivity contribution in [1.29, 1.82) is 0 Å². The summed E-state index contributed by atoms with van der Waals surface area (Å²) in [6, 6.07) is 2.64. The van der Waals surface area contributed by atoms with E-state index in [2.05, 4.69) is 24.9 Å². The SMILES string of the molecule is CON=C(C(=O)N[C@@H]1C(=O)N2C(C(=O)[O-])=C(C[n+]3ccn4ncccc43)CS[C@H]12)c1nsc(N)n1.Cl. The fourth-order valence-electron chi connectivity index (χ4n) is 3.89. The van der Waals surface area contributed by atoms with E-state index in [4.69, 9.17) is 10.6 Å². The third kappa shape index (κ3) is 4.33. The molecule has 3 N–H and O–H groups in total. The zero-order chi connectivity index (χ0) is 24.7. The Morgan fingerprint density at radius 3 is 2.94 bits per heavy atom. The van der Waals surface area contributed by atoms with Crippen LogP contribution < -0.4 is 20.7 Å². The van der Waals surface area contributed by atoms with Gasteiger partial charge in [-0.1, -0.05) is 10.3 Å². The van der Waals surface area contributed by atoms with Crippen molar-refractivity contribution in [2.45, 2.75) is 18.0 Å². The first-order valence-corrected chi connectivity index (χ1v) is 11.9. The van der Waals surface area contributed by atoms with E-state index in [0.29, 0.717) is 11.3 Å². The molecule has 0 spiro atoms. The molecule has 2 aliphatic rings. The standard InChI is InChI=1S/C19H17N9O5S2.ClH/c1-33-24-11(14-23-19(20)35-25-14)15(29)22-12-16(30)28-13(18(31)32)9(8-34-17(12)28)7-26-5-6-27-10(26)3-2-4-21-27;/h2-6,12,17H,7-8H2,1H3,(H3-,20,22,23,25,29,31,32);1H/t12-,17-;/m1./s1. The van der Waals surface area contributed by atoms with Crippen LogP contribution in [-0.2, 0) is 25.8 Å². The number of hydrogen-bond acceptors (Lipinski definition) is 12. The molecule has 5 rings (SSSR count). The van der Waals surface area contributed by atoms with Crippen LogP contribution in [0.3, 0.4) is 0 Å². The molecule has 1 fully saturated rings. The van der Waals surface area contributed by atoms with E-state index in [1.807, 2.05) is 10.6 Å². The lowest BCUT2D eigenvalue weighted by Crippen LogP contribution is -2.71. The Bertz CT molecular complexity index is 1420. The number of rotatable bonds is 7. The number of carbonyl (C=O) groups is 3. The quantitative estimate of drug-likeness (QED) is 0.143. The smallest absolute Gasteiger partial charge is 0.307 e. The predicted molar refractivity (Wildman–Crippen MR) is 128 cm³/mol. The molecule has 188 valence electrons. The number of nitrogen functional groups attached to an aromatic ring is 1. The van der Waals surface area contributed by atoms with Crippen molar-refractivity contribution in [3.8, 4) is 0 Å². The summed E-state index contributed by atoms with van der Waals surface area (Å²) in [7, 11) is 1.25. The number of hydrogen-bond donors (Lipinski definition) is 2. The van der Waals surface area contributed by atoms with Gasteiger partial charge in [0.05, 0.1) is 17.9 Å².